The van der Waals surface area contributed by atoms with Gasteiger partial charge in [-0.1, -0.05) is 19.9 Å². The summed E-state index contributed by atoms with van der Waals surface area (Å²) in [6, 6.07) is 6.33. The molecular formula is C15H23NO2S. The molecule has 1 aromatic rings. The fourth-order valence-electron chi connectivity index (χ4n) is 2.73. The topological polar surface area (TPSA) is 38.3 Å². The van der Waals surface area contributed by atoms with Crippen LogP contribution >= 0.6 is 0 Å². The van der Waals surface area contributed by atoms with Gasteiger partial charge < -0.3 is 10.1 Å². The minimum absolute atomic E-state index is 0.167. The van der Waals surface area contributed by atoms with Crippen molar-refractivity contribution in [2.75, 3.05) is 14.2 Å². The maximum Gasteiger partial charge on any atom is 0.119 e. The van der Waals surface area contributed by atoms with E-state index in [-0.39, 0.29) is 16.5 Å². The SMILES string of the molecule is CCC(C)S(=O)C1Cc2ccc(OC)cc2C1NC. The average Bonchev–Trinajstić information content (AvgIpc) is 2.82. The van der Waals surface area contributed by atoms with E-state index in [2.05, 4.69) is 31.3 Å². The molecule has 1 N–H and O–H groups in total. The van der Waals surface area contributed by atoms with E-state index < -0.39 is 10.8 Å². The summed E-state index contributed by atoms with van der Waals surface area (Å²) < 4.78 is 17.9. The van der Waals surface area contributed by atoms with Gasteiger partial charge in [0.25, 0.3) is 0 Å². The Morgan fingerprint density at radius 3 is 2.84 bits per heavy atom. The van der Waals surface area contributed by atoms with Gasteiger partial charge in [0.1, 0.15) is 5.75 Å². The fourth-order valence-corrected chi connectivity index (χ4v) is 4.55. The van der Waals surface area contributed by atoms with E-state index in [1.54, 1.807) is 7.11 Å². The van der Waals surface area contributed by atoms with Gasteiger partial charge in [-0.15, -0.1) is 0 Å². The van der Waals surface area contributed by atoms with E-state index in [4.69, 9.17) is 4.74 Å². The van der Waals surface area contributed by atoms with Crippen molar-refractivity contribution in [3.8, 4) is 5.75 Å². The molecule has 0 spiro atoms. The van der Waals surface area contributed by atoms with Gasteiger partial charge in [-0.05, 0) is 43.1 Å². The van der Waals surface area contributed by atoms with Crippen LogP contribution < -0.4 is 10.1 Å². The minimum atomic E-state index is -0.808. The van der Waals surface area contributed by atoms with Gasteiger partial charge in [-0.3, -0.25) is 4.21 Å². The van der Waals surface area contributed by atoms with Gasteiger partial charge in [0.15, 0.2) is 0 Å². The molecule has 0 saturated carbocycles. The van der Waals surface area contributed by atoms with Gasteiger partial charge in [-0.25, -0.2) is 0 Å². The number of ether oxygens (including phenoxy) is 1. The van der Waals surface area contributed by atoms with E-state index in [1.165, 1.54) is 11.1 Å². The molecule has 4 heteroatoms. The second kappa shape index (κ2) is 6.06. The second-order valence-electron chi connectivity index (χ2n) is 5.12. The van der Waals surface area contributed by atoms with Crippen molar-refractivity contribution >= 4 is 10.8 Å². The zero-order valence-electron chi connectivity index (χ0n) is 12.1. The average molecular weight is 281 g/mol. The number of methoxy groups -OCH3 is 1. The zero-order chi connectivity index (χ0) is 14.0. The Morgan fingerprint density at radius 2 is 2.26 bits per heavy atom. The van der Waals surface area contributed by atoms with Crippen LogP contribution in [0.25, 0.3) is 0 Å². The largest absolute Gasteiger partial charge is 0.497 e. The quantitative estimate of drug-likeness (QED) is 0.901. The number of hydrogen-bond donors (Lipinski definition) is 1. The lowest BCUT2D eigenvalue weighted by Crippen LogP contribution is -2.33. The first-order valence-corrected chi connectivity index (χ1v) is 8.13. The van der Waals surface area contributed by atoms with Crippen molar-refractivity contribution in [2.45, 2.75) is 43.2 Å². The molecule has 0 fully saturated rings. The Balaban J connectivity index is 2.30. The molecule has 0 aliphatic heterocycles. The van der Waals surface area contributed by atoms with Crippen molar-refractivity contribution in [3.63, 3.8) is 0 Å². The molecule has 0 saturated heterocycles. The van der Waals surface area contributed by atoms with E-state index >= 15 is 0 Å². The van der Waals surface area contributed by atoms with E-state index in [0.717, 1.165) is 18.6 Å². The van der Waals surface area contributed by atoms with Crippen LogP contribution in [0.1, 0.15) is 37.4 Å². The molecule has 0 aromatic heterocycles. The van der Waals surface area contributed by atoms with Crippen molar-refractivity contribution in [1.82, 2.24) is 5.32 Å². The minimum Gasteiger partial charge on any atom is -0.497 e. The van der Waals surface area contributed by atoms with Gasteiger partial charge in [-0.2, -0.15) is 0 Å². The molecule has 0 amide bonds. The number of hydrogen-bond acceptors (Lipinski definition) is 3. The first kappa shape index (κ1) is 14.5. The van der Waals surface area contributed by atoms with E-state index in [1.807, 2.05) is 13.1 Å². The van der Waals surface area contributed by atoms with Crippen LogP contribution in [0.2, 0.25) is 0 Å². The number of fused-ring (bicyclic) bond motifs is 1. The van der Waals surface area contributed by atoms with Crippen molar-refractivity contribution in [1.29, 1.82) is 0 Å². The summed E-state index contributed by atoms with van der Waals surface area (Å²) in [5.41, 5.74) is 2.53. The summed E-state index contributed by atoms with van der Waals surface area (Å²) in [7, 11) is 2.82. The monoisotopic (exact) mass is 281 g/mol. The first-order valence-electron chi connectivity index (χ1n) is 6.85. The third kappa shape index (κ3) is 2.70. The number of rotatable bonds is 5. The summed E-state index contributed by atoms with van der Waals surface area (Å²) >= 11 is 0. The van der Waals surface area contributed by atoms with Crippen LogP contribution in [0.3, 0.4) is 0 Å². The predicted octanol–water partition coefficient (Wildman–Crippen LogP) is 2.43. The Kier molecular flexibility index (Phi) is 4.63. The Hall–Kier alpha value is -0.870. The molecule has 1 aliphatic rings. The van der Waals surface area contributed by atoms with Gasteiger partial charge in [0.2, 0.25) is 0 Å². The van der Waals surface area contributed by atoms with E-state index in [9.17, 15) is 4.21 Å². The second-order valence-corrected chi connectivity index (χ2v) is 7.19. The van der Waals surface area contributed by atoms with E-state index in [0.29, 0.717) is 0 Å². The Morgan fingerprint density at radius 1 is 1.53 bits per heavy atom. The van der Waals surface area contributed by atoms with Crippen molar-refractivity contribution in [3.05, 3.63) is 29.3 Å². The predicted molar refractivity (Wildman–Crippen MR) is 80.2 cm³/mol. The molecule has 106 valence electrons. The van der Waals surface area contributed by atoms with Crippen molar-refractivity contribution in [2.24, 2.45) is 0 Å². The maximum atomic E-state index is 12.6. The van der Waals surface area contributed by atoms with Crippen LogP contribution in [0, 0.1) is 0 Å². The Labute approximate surface area is 118 Å². The van der Waals surface area contributed by atoms with Crippen LogP contribution in [0.15, 0.2) is 18.2 Å². The molecule has 1 aliphatic carbocycles. The van der Waals surface area contributed by atoms with Crippen LogP contribution in [-0.4, -0.2) is 28.9 Å². The number of nitrogens with one attached hydrogen (secondary N) is 1. The maximum absolute atomic E-state index is 12.6. The molecule has 1 aromatic carbocycles. The zero-order valence-corrected chi connectivity index (χ0v) is 12.9. The summed E-state index contributed by atoms with van der Waals surface area (Å²) in [5.74, 6) is 0.869. The van der Waals surface area contributed by atoms with Gasteiger partial charge in [0, 0.05) is 22.1 Å². The molecule has 2 rings (SSSR count). The van der Waals surface area contributed by atoms with Crippen LogP contribution in [0.5, 0.6) is 5.75 Å². The summed E-state index contributed by atoms with van der Waals surface area (Å²) in [5, 5.41) is 3.75. The molecule has 3 nitrogen and oxygen atoms in total. The molecule has 4 unspecified atom stereocenters. The highest BCUT2D eigenvalue weighted by Crippen LogP contribution is 2.37. The van der Waals surface area contributed by atoms with Crippen LogP contribution in [-0.2, 0) is 17.2 Å². The summed E-state index contributed by atoms with van der Waals surface area (Å²) in [4.78, 5) is 0. The highest BCUT2D eigenvalue weighted by atomic mass is 32.2. The van der Waals surface area contributed by atoms with Crippen molar-refractivity contribution < 1.29 is 8.95 Å². The molecule has 0 heterocycles. The first-order chi connectivity index (χ1) is 9.12. The lowest BCUT2D eigenvalue weighted by atomic mass is 10.1. The third-order valence-corrected chi connectivity index (χ3v) is 6.22. The molecule has 0 radical (unpaired) electrons. The fraction of sp³-hybridized carbons (Fsp3) is 0.600. The molecule has 4 atom stereocenters. The van der Waals surface area contributed by atoms with Gasteiger partial charge in [0.05, 0.1) is 12.4 Å². The number of benzene rings is 1. The standard InChI is InChI=1S/C15H23NO2S/c1-5-10(2)19(17)14-8-11-6-7-12(18-4)9-13(11)15(14)16-3/h6-7,9-10,14-16H,5,8H2,1-4H3. The highest BCUT2D eigenvalue weighted by Gasteiger charge is 2.37. The summed E-state index contributed by atoms with van der Waals surface area (Å²) in [6.07, 6.45) is 1.85. The van der Waals surface area contributed by atoms with Crippen LogP contribution in [0.4, 0.5) is 0 Å². The lowest BCUT2D eigenvalue weighted by Gasteiger charge is -2.22. The summed E-state index contributed by atoms with van der Waals surface area (Å²) in [6.45, 7) is 4.18. The van der Waals surface area contributed by atoms with Gasteiger partial charge >= 0.3 is 0 Å². The smallest absolute Gasteiger partial charge is 0.119 e. The highest BCUT2D eigenvalue weighted by molar-refractivity contribution is 7.86. The Bertz CT molecular complexity index is 475. The molecule has 19 heavy (non-hydrogen) atoms. The molecule has 0 bridgehead atoms. The normalized spacial score (nSPS) is 24.8. The lowest BCUT2D eigenvalue weighted by molar-refractivity contribution is 0.413. The third-order valence-electron chi connectivity index (χ3n) is 4.06. The molecular weight excluding hydrogens is 258 g/mol.